The van der Waals surface area contributed by atoms with E-state index in [0.29, 0.717) is 22.8 Å². The molecule has 160 valence electrons. The number of thioether (sulfide) groups is 1. The number of hydrogen-bond acceptors (Lipinski definition) is 6. The minimum absolute atomic E-state index is 0.201. The molecule has 1 aromatic carbocycles. The first-order chi connectivity index (χ1) is 15.5. The zero-order valence-corrected chi connectivity index (χ0v) is 18.2. The van der Waals surface area contributed by atoms with E-state index in [2.05, 4.69) is 25.6 Å². The summed E-state index contributed by atoms with van der Waals surface area (Å²) in [6.45, 7) is 1.43. The highest BCUT2D eigenvalue weighted by molar-refractivity contribution is 7.98. The second-order valence-electron chi connectivity index (χ2n) is 6.82. The molecule has 0 aliphatic heterocycles. The van der Waals surface area contributed by atoms with E-state index in [9.17, 15) is 9.59 Å². The normalized spacial score (nSPS) is 10.6. The lowest BCUT2D eigenvalue weighted by Gasteiger charge is -2.11. The van der Waals surface area contributed by atoms with Crippen molar-refractivity contribution in [1.29, 1.82) is 0 Å². The van der Waals surface area contributed by atoms with Gasteiger partial charge in [0.25, 0.3) is 5.91 Å². The first-order valence-corrected chi connectivity index (χ1v) is 11.0. The molecule has 8 nitrogen and oxygen atoms in total. The average molecular weight is 445 g/mol. The van der Waals surface area contributed by atoms with Gasteiger partial charge < -0.3 is 15.6 Å². The molecule has 2 amide bonds. The maximum absolute atomic E-state index is 12.7. The zero-order valence-electron chi connectivity index (χ0n) is 17.4. The van der Waals surface area contributed by atoms with Crippen molar-refractivity contribution >= 4 is 35.1 Å². The largest absolute Gasteiger partial charge is 0.332 e. The fourth-order valence-corrected chi connectivity index (χ4v) is 3.56. The van der Waals surface area contributed by atoms with Gasteiger partial charge in [0.05, 0.1) is 22.6 Å². The molecule has 0 saturated heterocycles. The van der Waals surface area contributed by atoms with Gasteiger partial charge >= 0.3 is 0 Å². The number of rotatable bonds is 6. The van der Waals surface area contributed by atoms with Gasteiger partial charge in [-0.05, 0) is 36.6 Å². The van der Waals surface area contributed by atoms with Gasteiger partial charge in [-0.1, -0.05) is 30.0 Å². The van der Waals surface area contributed by atoms with E-state index >= 15 is 0 Å². The standard InChI is InChI=1S/C23H20N6O2S/c1-14(30)26-19-12-15(9-11-25-19)20-21(29-23(28-20)32-2)17-7-3-4-8-18(17)27-22(31)16-6-5-10-24-13-16/h3-13H,1-2H3,(H,27,31)(H,28,29)(H,25,26,30). The second kappa shape index (κ2) is 9.44. The number of pyridine rings is 2. The van der Waals surface area contributed by atoms with E-state index in [1.807, 2.05) is 36.6 Å². The predicted molar refractivity (Wildman–Crippen MR) is 126 cm³/mol. The number of carbonyl (C=O) groups excluding carboxylic acids is 2. The molecule has 3 aromatic heterocycles. The van der Waals surface area contributed by atoms with Crippen molar-refractivity contribution in [1.82, 2.24) is 19.9 Å². The molecule has 4 rings (SSSR count). The number of anilines is 2. The lowest BCUT2D eigenvalue weighted by atomic mass is 10.0. The summed E-state index contributed by atoms with van der Waals surface area (Å²) in [7, 11) is 0. The van der Waals surface area contributed by atoms with Crippen LogP contribution in [-0.4, -0.2) is 38.0 Å². The van der Waals surface area contributed by atoms with Gasteiger partial charge in [-0.3, -0.25) is 14.6 Å². The Labute approximate surface area is 188 Å². The molecular formula is C23H20N6O2S. The highest BCUT2D eigenvalue weighted by atomic mass is 32.2. The molecule has 0 saturated carbocycles. The van der Waals surface area contributed by atoms with Crippen LogP contribution < -0.4 is 10.6 Å². The van der Waals surface area contributed by atoms with Crippen molar-refractivity contribution in [2.75, 3.05) is 16.9 Å². The summed E-state index contributed by atoms with van der Waals surface area (Å²) in [5.74, 6) is -0.0169. The Morgan fingerprint density at radius 3 is 2.62 bits per heavy atom. The Bertz CT molecular complexity index is 1270. The van der Waals surface area contributed by atoms with E-state index in [4.69, 9.17) is 4.98 Å². The van der Waals surface area contributed by atoms with Crippen LogP contribution >= 0.6 is 11.8 Å². The van der Waals surface area contributed by atoms with Crippen LogP contribution in [0.15, 0.2) is 72.3 Å². The molecule has 0 aliphatic carbocycles. The summed E-state index contributed by atoms with van der Waals surface area (Å²) in [5.41, 5.74) is 4.08. The number of hydrogen-bond donors (Lipinski definition) is 3. The Balaban J connectivity index is 1.76. The van der Waals surface area contributed by atoms with Crippen molar-refractivity contribution in [2.24, 2.45) is 0 Å². The number of benzene rings is 1. The topological polar surface area (TPSA) is 113 Å². The number of amides is 2. The number of nitrogens with one attached hydrogen (secondary N) is 3. The molecule has 0 spiro atoms. The molecule has 0 bridgehead atoms. The van der Waals surface area contributed by atoms with Crippen molar-refractivity contribution in [3.63, 3.8) is 0 Å². The number of carbonyl (C=O) groups is 2. The van der Waals surface area contributed by atoms with Crippen LogP contribution in [0.1, 0.15) is 17.3 Å². The second-order valence-corrected chi connectivity index (χ2v) is 7.62. The SMILES string of the molecule is CSc1nc(-c2ccccc2NC(=O)c2cccnc2)c(-c2ccnc(NC(C)=O)c2)[nH]1. The van der Waals surface area contributed by atoms with Gasteiger partial charge in [-0.25, -0.2) is 9.97 Å². The monoisotopic (exact) mass is 444 g/mol. The van der Waals surface area contributed by atoms with Crippen LogP contribution in [0.25, 0.3) is 22.5 Å². The molecule has 4 aromatic rings. The van der Waals surface area contributed by atoms with Gasteiger partial charge in [0.15, 0.2) is 5.16 Å². The van der Waals surface area contributed by atoms with Crippen LogP contribution in [0.5, 0.6) is 0 Å². The summed E-state index contributed by atoms with van der Waals surface area (Å²) < 4.78 is 0. The lowest BCUT2D eigenvalue weighted by Crippen LogP contribution is -2.12. The number of imidazole rings is 1. The third kappa shape index (κ3) is 4.68. The number of para-hydroxylation sites is 1. The van der Waals surface area contributed by atoms with E-state index in [-0.39, 0.29) is 11.8 Å². The minimum Gasteiger partial charge on any atom is -0.332 e. The van der Waals surface area contributed by atoms with E-state index in [0.717, 1.165) is 22.0 Å². The first-order valence-electron chi connectivity index (χ1n) is 9.74. The van der Waals surface area contributed by atoms with Crippen molar-refractivity contribution in [2.45, 2.75) is 12.1 Å². The molecule has 0 unspecified atom stereocenters. The third-order valence-electron chi connectivity index (χ3n) is 4.58. The zero-order chi connectivity index (χ0) is 22.5. The van der Waals surface area contributed by atoms with Gasteiger partial charge in [0.1, 0.15) is 5.82 Å². The smallest absolute Gasteiger partial charge is 0.257 e. The van der Waals surface area contributed by atoms with Crippen LogP contribution in [0.3, 0.4) is 0 Å². The quantitative estimate of drug-likeness (QED) is 0.378. The molecule has 0 fully saturated rings. The number of aromatic nitrogens is 4. The van der Waals surface area contributed by atoms with E-state index < -0.39 is 0 Å². The van der Waals surface area contributed by atoms with Crippen molar-refractivity contribution in [3.05, 3.63) is 72.7 Å². The molecule has 9 heteroatoms. The third-order valence-corrected chi connectivity index (χ3v) is 5.16. The van der Waals surface area contributed by atoms with Gasteiger partial charge in [-0.2, -0.15) is 0 Å². The predicted octanol–water partition coefficient (Wildman–Crippen LogP) is 4.47. The van der Waals surface area contributed by atoms with E-state index in [1.165, 1.54) is 24.9 Å². The molecule has 0 atom stereocenters. The number of aromatic amines is 1. The highest BCUT2D eigenvalue weighted by Crippen LogP contribution is 2.36. The van der Waals surface area contributed by atoms with E-state index in [1.54, 1.807) is 30.6 Å². The molecular weight excluding hydrogens is 424 g/mol. The van der Waals surface area contributed by atoms with Crippen LogP contribution in [0.2, 0.25) is 0 Å². The molecule has 3 N–H and O–H groups in total. The van der Waals surface area contributed by atoms with Gasteiger partial charge in [0, 0.05) is 36.6 Å². The lowest BCUT2D eigenvalue weighted by molar-refractivity contribution is -0.114. The molecule has 0 aliphatic rings. The summed E-state index contributed by atoms with van der Waals surface area (Å²) in [6.07, 6.45) is 6.69. The van der Waals surface area contributed by atoms with Crippen LogP contribution in [0, 0.1) is 0 Å². The summed E-state index contributed by atoms with van der Waals surface area (Å²) in [4.78, 5) is 40.4. The maximum Gasteiger partial charge on any atom is 0.257 e. The summed E-state index contributed by atoms with van der Waals surface area (Å²) >= 11 is 1.48. The minimum atomic E-state index is -0.260. The molecule has 32 heavy (non-hydrogen) atoms. The number of H-pyrrole nitrogens is 1. The highest BCUT2D eigenvalue weighted by Gasteiger charge is 2.18. The Hall–Kier alpha value is -3.98. The van der Waals surface area contributed by atoms with Crippen LogP contribution in [-0.2, 0) is 4.79 Å². The van der Waals surface area contributed by atoms with Crippen molar-refractivity contribution in [3.8, 4) is 22.5 Å². The Morgan fingerprint density at radius 1 is 1.03 bits per heavy atom. The van der Waals surface area contributed by atoms with Crippen LogP contribution in [0.4, 0.5) is 11.5 Å². The Morgan fingerprint density at radius 2 is 1.88 bits per heavy atom. The summed E-state index contributed by atoms with van der Waals surface area (Å²) in [5, 5.41) is 6.38. The average Bonchev–Trinajstić information content (AvgIpc) is 3.24. The maximum atomic E-state index is 12.7. The Kier molecular flexibility index (Phi) is 6.27. The summed E-state index contributed by atoms with van der Waals surface area (Å²) in [6, 6.07) is 14.5. The number of nitrogens with zero attached hydrogens (tertiary/aromatic N) is 3. The fourth-order valence-electron chi connectivity index (χ4n) is 3.18. The van der Waals surface area contributed by atoms with Gasteiger partial charge in [0.2, 0.25) is 5.91 Å². The first kappa shape index (κ1) is 21.3. The van der Waals surface area contributed by atoms with Crippen molar-refractivity contribution < 1.29 is 9.59 Å². The van der Waals surface area contributed by atoms with Gasteiger partial charge in [-0.15, -0.1) is 0 Å². The molecule has 3 heterocycles. The molecule has 0 radical (unpaired) electrons. The fraction of sp³-hybridized carbons (Fsp3) is 0.0870.